The lowest BCUT2D eigenvalue weighted by molar-refractivity contribution is -0.136. The van der Waals surface area contributed by atoms with Crippen LogP contribution in [0.5, 0.6) is 0 Å². The van der Waals surface area contributed by atoms with Crippen LogP contribution in [0.3, 0.4) is 0 Å². The molecule has 1 aromatic rings. The molecule has 142 valence electrons. The Morgan fingerprint density at radius 1 is 1.28 bits per heavy atom. The predicted molar refractivity (Wildman–Crippen MR) is 104 cm³/mol. The molecule has 2 aliphatic heterocycles. The average Bonchev–Trinajstić information content (AvgIpc) is 3.15. The van der Waals surface area contributed by atoms with Crippen LogP contribution in [0.25, 0.3) is 0 Å². The number of amides is 1. The Morgan fingerprint density at radius 3 is 2.60 bits per heavy atom. The monoisotopic (exact) mass is 390 g/mol. The van der Waals surface area contributed by atoms with Crippen molar-refractivity contribution in [3.63, 3.8) is 0 Å². The summed E-state index contributed by atoms with van der Waals surface area (Å²) in [5, 5.41) is 3.06. The SMILES string of the molecule is Cl.Cl.NCC1(C(=O)NCc2ccnc(N3CCCC3)c2)CCOCC1. The van der Waals surface area contributed by atoms with Crippen LogP contribution in [0.1, 0.15) is 31.2 Å². The first-order chi connectivity index (χ1) is 11.2. The highest BCUT2D eigenvalue weighted by Crippen LogP contribution is 2.29. The lowest BCUT2D eigenvalue weighted by Gasteiger charge is -2.34. The predicted octanol–water partition coefficient (Wildman–Crippen LogP) is 1.90. The maximum Gasteiger partial charge on any atom is 0.227 e. The zero-order chi connectivity index (χ0) is 16.1. The summed E-state index contributed by atoms with van der Waals surface area (Å²) in [5.41, 5.74) is 6.49. The molecule has 2 fully saturated rings. The molecule has 0 atom stereocenters. The number of hydrogen-bond acceptors (Lipinski definition) is 5. The van der Waals surface area contributed by atoms with E-state index in [1.807, 2.05) is 12.3 Å². The number of aromatic nitrogens is 1. The molecule has 0 bridgehead atoms. The topological polar surface area (TPSA) is 80.5 Å². The van der Waals surface area contributed by atoms with E-state index >= 15 is 0 Å². The molecule has 1 amide bonds. The fourth-order valence-electron chi connectivity index (χ4n) is 3.35. The van der Waals surface area contributed by atoms with Crippen molar-refractivity contribution < 1.29 is 9.53 Å². The quantitative estimate of drug-likeness (QED) is 0.802. The number of nitrogens with one attached hydrogen (secondary N) is 1. The molecular weight excluding hydrogens is 363 g/mol. The number of nitrogens with two attached hydrogens (primary N) is 1. The highest BCUT2D eigenvalue weighted by Gasteiger charge is 2.38. The van der Waals surface area contributed by atoms with E-state index in [1.165, 1.54) is 12.8 Å². The van der Waals surface area contributed by atoms with Crippen molar-refractivity contribution >= 4 is 36.5 Å². The Morgan fingerprint density at radius 2 is 1.96 bits per heavy atom. The van der Waals surface area contributed by atoms with Crippen molar-refractivity contribution in [1.82, 2.24) is 10.3 Å². The number of carbonyl (C=O) groups is 1. The molecule has 3 N–H and O–H groups in total. The van der Waals surface area contributed by atoms with Crippen LogP contribution in [0.15, 0.2) is 18.3 Å². The molecule has 0 aromatic carbocycles. The molecule has 1 aromatic heterocycles. The zero-order valence-electron chi connectivity index (χ0n) is 14.4. The van der Waals surface area contributed by atoms with Crippen LogP contribution >= 0.6 is 24.8 Å². The normalized spacial score (nSPS) is 18.8. The fraction of sp³-hybridized carbons (Fsp3) is 0.647. The summed E-state index contributed by atoms with van der Waals surface area (Å²) in [5.74, 6) is 1.05. The number of ether oxygens (including phenoxy) is 1. The van der Waals surface area contributed by atoms with Crippen molar-refractivity contribution in [3.8, 4) is 0 Å². The summed E-state index contributed by atoms with van der Waals surface area (Å²) in [4.78, 5) is 19.3. The van der Waals surface area contributed by atoms with Crippen LogP contribution in [-0.4, -0.2) is 43.7 Å². The summed E-state index contributed by atoms with van der Waals surface area (Å²) in [6, 6.07) is 4.03. The highest BCUT2D eigenvalue weighted by atomic mass is 35.5. The van der Waals surface area contributed by atoms with Gasteiger partial charge in [0.1, 0.15) is 5.82 Å². The van der Waals surface area contributed by atoms with Gasteiger partial charge in [0.2, 0.25) is 5.91 Å². The number of hydrogen-bond donors (Lipinski definition) is 2. The van der Waals surface area contributed by atoms with Gasteiger partial charge in [-0.1, -0.05) is 0 Å². The Balaban J connectivity index is 0.00000156. The van der Waals surface area contributed by atoms with E-state index in [0.717, 1.165) is 24.5 Å². The number of halogens is 2. The van der Waals surface area contributed by atoms with E-state index in [0.29, 0.717) is 39.1 Å². The summed E-state index contributed by atoms with van der Waals surface area (Å²) in [6.07, 6.45) is 5.67. The Bertz CT molecular complexity index is 547. The van der Waals surface area contributed by atoms with Crippen molar-refractivity contribution in [3.05, 3.63) is 23.9 Å². The van der Waals surface area contributed by atoms with Crippen LogP contribution in [0.4, 0.5) is 5.82 Å². The number of anilines is 1. The minimum atomic E-state index is -0.469. The second-order valence-electron chi connectivity index (χ2n) is 6.50. The largest absolute Gasteiger partial charge is 0.381 e. The van der Waals surface area contributed by atoms with Gasteiger partial charge in [0.05, 0.1) is 5.41 Å². The van der Waals surface area contributed by atoms with Gasteiger partial charge >= 0.3 is 0 Å². The fourth-order valence-corrected chi connectivity index (χ4v) is 3.35. The van der Waals surface area contributed by atoms with E-state index in [-0.39, 0.29) is 30.7 Å². The van der Waals surface area contributed by atoms with E-state index in [4.69, 9.17) is 10.5 Å². The molecule has 25 heavy (non-hydrogen) atoms. The molecule has 2 aliphatic rings. The Hall–Kier alpha value is -1.08. The van der Waals surface area contributed by atoms with Gasteiger partial charge in [-0.15, -0.1) is 24.8 Å². The molecular formula is C17H28Cl2N4O2. The first-order valence-corrected chi connectivity index (χ1v) is 8.49. The number of carbonyl (C=O) groups excluding carboxylic acids is 1. The van der Waals surface area contributed by atoms with Gasteiger partial charge in [0.25, 0.3) is 0 Å². The lowest BCUT2D eigenvalue weighted by atomic mass is 9.79. The molecule has 3 heterocycles. The van der Waals surface area contributed by atoms with Crippen molar-refractivity contribution in [2.24, 2.45) is 11.1 Å². The standard InChI is InChI=1S/C17H26N4O2.2ClH/c18-13-17(4-9-23-10-5-17)16(22)20-12-14-3-6-19-15(11-14)21-7-1-2-8-21;;/h3,6,11H,1-2,4-5,7-10,12-13,18H2,(H,20,22);2*1H. The molecule has 0 saturated carbocycles. The van der Waals surface area contributed by atoms with Gasteiger partial charge < -0.3 is 20.7 Å². The lowest BCUT2D eigenvalue weighted by Crippen LogP contribution is -2.48. The third-order valence-corrected chi connectivity index (χ3v) is 5.02. The molecule has 0 aliphatic carbocycles. The van der Waals surface area contributed by atoms with Gasteiger partial charge in [-0.2, -0.15) is 0 Å². The Labute approximate surface area is 161 Å². The summed E-state index contributed by atoms with van der Waals surface area (Å²) >= 11 is 0. The average molecular weight is 391 g/mol. The number of nitrogens with zero attached hydrogens (tertiary/aromatic N) is 2. The smallest absolute Gasteiger partial charge is 0.227 e. The van der Waals surface area contributed by atoms with Crippen LogP contribution < -0.4 is 16.0 Å². The van der Waals surface area contributed by atoms with Gasteiger partial charge in [0, 0.05) is 45.6 Å². The van der Waals surface area contributed by atoms with E-state index in [9.17, 15) is 4.79 Å². The summed E-state index contributed by atoms with van der Waals surface area (Å²) < 4.78 is 5.36. The Kier molecular flexibility index (Phi) is 8.93. The van der Waals surface area contributed by atoms with Crippen molar-refractivity contribution in [1.29, 1.82) is 0 Å². The molecule has 0 spiro atoms. The van der Waals surface area contributed by atoms with Crippen molar-refractivity contribution in [2.75, 3.05) is 37.7 Å². The van der Waals surface area contributed by atoms with Crippen molar-refractivity contribution in [2.45, 2.75) is 32.2 Å². The molecule has 3 rings (SSSR count). The third kappa shape index (κ3) is 5.20. The zero-order valence-corrected chi connectivity index (χ0v) is 16.0. The molecule has 2 saturated heterocycles. The van der Waals surface area contributed by atoms with Gasteiger partial charge in [0.15, 0.2) is 0 Å². The van der Waals surface area contributed by atoms with Gasteiger partial charge in [-0.25, -0.2) is 4.98 Å². The molecule has 8 heteroatoms. The van der Waals surface area contributed by atoms with Gasteiger partial charge in [-0.05, 0) is 43.4 Å². The van der Waals surface area contributed by atoms with E-state index in [2.05, 4.69) is 21.3 Å². The van der Waals surface area contributed by atoms with E-state index < -0.39 is 5.41 Å². The number of pyridine rings is 1. The second-order valence-corrected chi connectivity index (χ2v) is 6.50. The van der Waals surface area contributed by atoms with Crippen LogP contribution in [0.2, 0.25) is 0 Å². The highest BCUT2D eigenvalue weighted by molar-refractivity contribution is 5.85. The summed E-state index contributed by atoms with van der Waals surface area (Å²) in [7, 11) is 0. The molecule has 6 nitrogen and oxygen atoms in total. The van der Waals surface area contributed by atoms with E-state index in [1.54, 1.807) is 0 Å². The minimum Gasteiger partial charge on any atom is -0.381 e. The molecule has 0 unspecified atom stereocenters. The maximum atomic E-state index is 12.6. The minimum absolute atomic E-state index is 0. The second kappa shape index (κ2) is 10.2. The molecule has 0 radical (unpaired) electrons. The third-order valence-electron chi connectivity index (χ3n) is 5.02. The van der Waals surface area contributed by atoms with Crippen LogP contribution in [-0.2, 0) is 16.1 Å². The first kappa shape index (κ1) is 22.0. The maximum absolute atomic E-state index is 12.6. The number of rotatable bonds is 5. The first-order valence-electron chi connectivity index (χ1n) is 8.49. The summed E-state index contributed by atoms with van der Waals surface area (Å²) in [6.45, 7) is 4.25. The van der Waals surface area contributed by atoms with Crippen LogP contribution in [0, 0.1) is 5.41 Å². The van der Waals surface area contributed by atoms with Gasteiger partial charge in [-0.3, -0.25) is 4.79 Å².